The summed E-state index contributed by atoms with van der Waals surface area (Å²) in [5.41, 5.74) is 3.48. The van der Waals surface area contributed by atoms with E-state index in [-0.39, 0.29) is 0 Å². The van der Waals surface area contributed by atoms with E-state index in [1.165, 1.54) is 0 Å². The fourth-order valence-electron chi connectivity index (χ4n) is 3.68. The Morgan fingerprint density at radius 1 is 0.862 bits per heavy atom. The second-order valence-corrected chi connectivity index (χ2v) is 7.34. The summed E-state index contributed by atoms with van der Waals surface area (Å²) in [6.07, 6.45) is 0. The van der Waals surface area contributed by atoms with Crippen LogP contribution in [-0.4, -0.2) is 60.3 Å². The molecule has 29 heavy (non-hydrogen) atoms. The third-order valence-corrected chi connectivity index (χ3v) is 5.42. The molecule has 8 heteroatoms. The molecule has 2 aromatic heterocycles. The second kappa shape index (κ2) is 7.87. The van der Waals surface area contributed by atoms with Crippen LogP contribution in [0.3, 0.4) is 0 Å². The topological polar surface area (TPSA) is 76.8 Å². The average Bonchev–Trinajstić information content (AvgIpc) is 3.04. The first-order valence-electron chi connectivity index (χ1n) is 9.79. The highest BCUT2D eigenvalue weighted by Gasteiger charge is 2.22. The van der Waals surface area contributed by atoms with Gasteiger partial charge in [0.15, 0.2) is 17.3 Å². The minimum Gasteiger partial charge on any atom is -0.493 e. The molecule has 0 aliphatic carbocycles. The van der Waals surface area contributed by atoms with Crippen molar-refractivity contribution in [1.29, 1.82) is 0 Å². The lowest BCUT2D eigenvalue weighted by Gasteiger charge is -2.35. The number of piperazine rings is 1. The quantitative estimate of drug-likeness (QED) is 0.650. The Hall–Kier alpha value is -2.87. The molecule has 0 N–H and O–H groups in total. The van der Waals surface area contributed by atoms with Crippen molar-refractivity contribution in [3.8, 4) is 11.5 Å². The first kappa shape index (κ1) is 19.4. The summed E-state index contributed by atoms with van der Waals surface area (Å²) >= 11 is 0. The molecule has 1 aliphatic heterocycles. The normalized spacial score (nSPS) is 15.1. The van der Waals surface area contributed by atoms with Gasteiger partial charge in [0.2, 0.25) is 5.89 Å². The molecule has 0 radical (unpaired) electrons. The molecule has 8 nitrogen and oxygen atoms in total. The number of anilines is 1. The molecular formula is C21H27N5O3. The monoisotopic (exact) mass is 397 g/mol. The van der Waals surface area contributed by atoms with Crippen LogP contribution < -0.4 is 14.4 Å². The Balaban J connectivity index is 1.50. The molecule has 0 bridgehead atoms. The first-order chi connectivity index (χ1) is 14.0. The van der Waals surface area contributed by atoms with Gasteiger partial charge < -0.3 is 18.8 Å². The minimum atomic E-state index is 0.658. The minimum absolute atomic E-state index is 0.658. The predicted octanol–water partition coefficient (Wildman–Crippen LogP) is 2.88. The van der Waals surface area contributed by atoms with Gasteiger partial charge in [0, 0.05) is 38.3 Å². The van der Waals surface area contributed by atoms with E-state index in [0.717, 1.165) is 72.6 Å². The van der Waals surface area contributed by atoms with Crippen molar-refractivity contribution < 1.29 is 13.9 Å². The summed E-state index contributed by atoms with van der Waals surface area (Å²) in [7, 11) is 3.25. The molecule has 1 fully saturated rings. The number of fused-ring (bicyclic) bond motifs is 1. The maximum absolute atomic E-state index is 5.73. The van der Waals surface area contributed by atoms with Crippen LogP contribution in [0.15, 0.2) is 16.5 Å². The standard InChI is InChI=1S/C21H27N5O3/c1-13-15(3)29-20(23-13)12-25-6-8-26(9-7-25)21-14(2)22-16-10-18(27-4)19(28-5)11-17(16)24-21/h10-11H,6-9,12H2,1-5H3. The highest BCUT2D eigenvalue weighted by molar-refractivity contribution is 5.81. The lowest BCUT2D eigenvalue weighted by atomic mass is 10.2. The molecule has 3 aromatic rings. The Labute approximate surface area is 170 Å². The zero-order valence-electron chi connectivity index (χ0n) is 17.7. The smallest absolute Gasteiger partial charge is 0.208 e. The lowest BCUT2D eigenvalue weighted by molar-refractivity contribution is 0.224. The number of oxazole rings is 1. The van der Waals surface area contributed by atoms with Gasteiger partial charge in [-0.3, -0.25) is 4.90 Å². The summed E-state index contributed by atoms with van der Waals surface area (Å²) in [6.45, 7) is 10.3. The number of nitrogens with zero attached hydrogens (tertiary/aromatic N) is 5. The van der Waals surface area contributed by atoms with Gasteiger partial charge in [0.05, 0.1) is 43.2 Å². The van der Waals surface area contributed by atoms with Gasteiger partial charge in [0.25, 0.3) is 0 Å². The third kappa shape index (κ3) is 3.85. The van der Waals surface area contributed by atoms with Gasteiger partial charge in [-0.1, -0.05) is 0 Å². The molecule has 0 amide bonds. The molecular weight excluding hydrogens is 370 g/mol. The van der Waals surface area contributed by atoms with Crippen molar-refractivity contribution in [3.63, 3.8) is 0 Å². The number of aryl methyl sites for hydroxylation is 3. The van der Waals surface area contributed by atoms with Crippen molar-refractivity contribution in [2.24, 2.45) is 0 Å². The fourth-order valence-corrected chi connectivity index (χ4v) is 3.68. The van der Waals surface area contributed by atoms with Crippen molar-refractivity contribution >= 4 is 16.9 Å². The maximum Gasteiger partial charge on any atom is 0.208 e. The Morgan fingerprint density at radius 2 is 1.48 bits per heavy atom. The van der Waals surface area contributed by atoms with Crippen molar-refractivity contribution in [2.45, 2.75) is 27.3 Å². The van der Waals surface area contributed by atoms with Crippen LogP contribution in [0.25, 0.3) is 11.0 Å². The zero-order valence-corrected chi connectivity index (χ0v) is 17.7. The van der Waals surface area contributed by atoms with E-state index in [9.17, 15) is 0 Å². The summed E-state index contributed by atoms with van der Waals surface area (Å²) in [6, 6.07) is 3.75. The number of methoxy groups -OCH3 is 2. The van der Waals surface area contributed by atoms with E-state index in [0.29, 0.717) is 11.5 Å². The molecule has 154 valence electrons. The van der Waals surface area contributed by atoms with Crippen LogP contribution in [0.2, 0.25) is 0 Å². The Bertz CT molecular complexity index is 1010. The first-order valence-corrected chi connectivity index (χ1v) is 9.79. The number of hydrogen-bond acceptors (Lipinski definition) is 8. The van der Waals surface area contributed by atoms with E-state index in [4.69, 9.17) is 23.9 Å². The van der Waals surface area contributed by atoms with Crippen LogP contribution in [0.5, 0.6) is 11.5 Å². The van der Waals surface area contributed by atoms with Crippen molar-refractivity contribution in [2.75, 3.05) is 45.3 Å². The van der Waals surface area contributed by atoms with Gasteiger partial charge in [-0.05, 0) is 20.8 Å². The Kier molecular flexibility index (Phi) is 5.27. The van der Waals surface area contributed by atoms with Crippen LogP contribution in [-0.2, 0) is 6.54 Å². The molecule has 0 spiro atoms. The van der Waals surface area contributed by atoms with Gasteiger partial charge in [-0.25, -0.2) is 15.0 Å². The Morgan fingerprint density at radius 3 is 2.03 bits per heavy atom. The number of ether oxygens (including phenoxy) is 2. The molecule has 4 rings (SSSR count). The number of rotatable bonds is 5. The van der Waals surface area contributed by atoms with E-state index in [1.54, 1.807) is 14.2 Å². The van der Waals surface area contributed by atoms with E-state index in [2.05, 4.69) is 14.8 Å². The molecule has 3 heterocycles. The van der Waals surface area contributed by atoms with Gasteiger partial charge in [0.1, 0.15) is 5.76 Å². The van der Waals surface area contributed by atoms with E-state index >= 15 is 0 Å². The summed E-state index contributed by atoms with van der Waals surface area (Å²) in [5.74, 6) is 3.92. The van der Waals surface area contributed by atoms with Crippen LogP contribution in [0.4, 0.5) is 5.82 Å². The van der Waals surface area contributed by atoms with Gasteiger partial charge in [-0.2, -0.15) is 0 Å². The number of aromatic nitrogens is 3. The fraction of sp³-hybridized carbons (Fsp3) is 0.476. The van der Waals surface area contributed by atoms with Crippen molar-refractivity contribution in [3.05, 3.63) is 35.2 Å². The number of hydrogen-bond donors (Lipinski definition) is 0. The SMILES string of the molecule is COc1cc2nc(C)c(N3CCN(Cc4nc(C)c(C)o4)CC3)nc2cc1OC. The van der Waals surface area contributed by atoms with Gasteiger partial charge in [-0.15, -0.1) is 0 Å². The van der Waals surface area contributed by atoms with Crippen LogP contribution in [0, 0.1) is 20.8 Å². The second-order valence-electron chi connectivity index (χ2n) is 7.34. The summed E-state index contributed by atoms with van der Waals surface area (Å²) in [5, 5.41) is 0. The van der Waals surface area contributed by atoms with Crippen molar-refractivity contribution in [1.82, 2.24) is 19.9 Å². The lowest BCUT2D eigenvalue weighted by Crippen LogP contribution is -2.46. The molecule has 0 saturated carbocycles. The highest BCUT2D eigenvalue weighted by Crippen LogP contribution is 2.32. The molecule has 1 aromatic carbocycles. The summed E-state index contributed by atoms with van der Waals surface area (Å²) in [4.78, 5) is 18.8. The molecule has 1 saturated heterocycles. The maximum atomic E-state index is 5.73. The average molecular weight is 397 g/mol. The predicted molar refractivity (Wildman–Crippen MR) is 111 cm³/mol. The zero-order chi connectivity index (χ0) is 20.5. The van der Waals surface area contributed by atoms with E-state index in [1.807, 2.05) is 32.9 Å². The van der Waals surface area contributed by atoms with E-state index < -0.39 is 0 Å². The highest BCUT2D eigenvalue weighted by atomic mass is 16.5. The van der Waals surface area contributed by atoms with Gasteiger partial charge >= 0.3 is 0 Å². The molecule has 0 unspecified atom stereocenters. The largest absolute Gasteiger partial charge is 0.493 e. The van der Waals surface area contributed by atoms with Crippen LogP contribution in [0.1, 0.15) is 23.0 Å². The molecule has 0 atom stereocenters. The third-order valence-electron chi connectivity index (χ3n) is 5.42. The number of benzene rings is 1. The van der Waals surface area contributed by atoms with Crippen LogP contribution >= 0.6 is 0 Å². The molecule has 1 aliphatic rings. The summed E-state index contributed by atoms with van der Waals surface area (Å²) < 4.78 is 16.5.